The molecule has 2 fully saturated rings. The number of rotatable bonds is 8. The number of carbonyl (C=O) groups excluding carboxylic acids is 1. The Labute approximate surface area is 232 Å². The van der Waals surface area contributed by atoms with E-state index in [0.29, 0.717) is 0 Å². The van der Waals surface area contributed by atoms with Crippen LogP contribution in [0.3, 0.4) is 0 Å². The number of ether oxygens (including phenoxy) is 1. The first kappa shape index (κ1) is 28.8. The van der Waals surface area contributed by atoms with Crippen LogP contribution >= 0.6 is 0 Å². The van der Waals surface area contributed by atoms with Crippen LogP contribution in [-0.2, 0) is 11.3 Å². The van der Waals surface area contributed by atoms with Crippen molar-refractivity contribution < 1.29 is 9.53 Å². The van der Waals surface area contributed by atoms with Crippen LogP contribution in [0.15, 0.2) is 12.3 Å². The van der Waals surface area contributed by atoms with E-state index in [-0.39, 0.29) is 29.3 Å². The Balaban J connectivity index is 1.47. The van der Waals surface area contributed by atoms with Crippen molar-refractivity contribution in [3.8, 4) is 12.1 Å². The number of carbonyl (C=O) groups is 1. The van der Waals surface area contributed by atoms with Crippen molar-refractivity contribution in [1.82, 2.24) is 24.3 Å². The number of amides is 1. The first-order valence-corrected chi connectivity index (χ1v) is 14.4. The Morgan fingerprint density at radius 3 is 2.56 bits per heavy atom. The Bertz CT molecular complexity index is 1240. The monoisotopic (exact) mass is 533 g/mol. The van der Waals surface area contributed by atoms with Gasteiger partial charge in [0.05, 0.1) is 6.07 Å². The third-order valence-corrected chi connectivity index (χ3v) is 8.30. The lowest BCUT2D eigenvalue weighted by Crippen LogP contribution is -2.43. The van der Waals surface area contributed by atoms with Crippen LogP contribution in [0.25, 0.3) is 11.0 Å². The Hall–Kier alpha value is -3.17. The molecule has 9 nitrogen and oxygen atoms in total. The Kier molecular flexibility index (Phi) is 8.81. The number of likely N-dealkylation sites (tertiary alicyclic amines) is 2. The molecule has 9 heteroatoms. The summed E-state index contributed by atoms with van der Waals surface area (Å²) in [6.07, 6.45) is 8.44. The molecule has 0 aromatic carbocycles. The molecule has 2 unspecified atom stereocenters. The average Bonchev–Trinajstić information content (AvgIpc) is 3.47. The third-order valence-electron chi connectivity index (χ3n) is 8.30. The number of hydrogen-bond donors (Lipinski definition) is 0. The summed E-state index contributed by atoms with van der Waals surface area (Å²) in [4.78, 5) is 25.8. The van der Waals surface area contributed by atoms with Gasteiger partial charge >= 0.3 is 6.09 Å². The molecule has 4 heterocycles. The van der Waals surface area contributed by atoms with E-state index in [1.807, 2.05) is 25.7 Å². The van der Waals surface area contributed by atoms with E-state index >= 15 is 0 Å². The smallest absolute Gasteiger partial charge is 0.410 e. The number of hydrogen-bond acceptors (Lipinski definition) is 7. The fourth-order valence-electron chi connectivity index (χ4n) is 6.17. The van der Waals surface area contributed by atoms with Crippen molar-refractivity contribution in [2.24, 2.45) is 11.3 Å². The standard InChI is InChI=1S/C30H43N7O2/c1-6-7-8-23(17-31)15-22(2)37-25(16-24-19-33-26(18-32)34-27(24)37)20-35-12-9-30(10-13-35)11-14-36(21-30)28(38)39-29(3,4)5/h16,19,22-23H,6-15,20-21H2,1-5H3. The molecule has 2 aromatic heterocycles. The van der Waals surface area contributed by atoms with Crippen molar-refractivity contribution >= 4 is 17.1 Å². The highest BCUT2D eigenvalue weighted by atomic mass is 16.6. The molecule has 0 radical (unpaired) electrons. The highest BCUT2D eigenvalue weighted by Crippen LogP contribution is 2.41. The maximum atomic E-state index is 12.6. The molecule has 0 saturated carbocycles. The van der Waals surface area contributed by atoms with Gasteiger partial charge < -0.3 is 14.2 Å². The van der Waals surface area contributed by atoms with Gasteiger partial charge in [0.1, 0.15) is 17.3 Å². The van der Waals surface area contributed by atoms with E-state index in [1.165, 1.54) is 0 Å². The van der Waals surface area contributed by atoms with Crippen LogP contribution in [0.2, 0.25) is 0 Å². The second-order valence-electron chi connectivity index (χ2n) is 12.6. The van der Waals surface area contributed by atoms with Gasteiger partial charge in [0.15, 0.2) is 0 Å². The molecule has 1 spiro atoms. The van der Waals surface area contributed by atoms with Crippen LogP contribution < -0.4 is 0 Å². The lowest BCUT2D eigenvalue weighted by atomic mass is 9.78. The number of nitrogens with zero attached hydrogens (tertiary/aromatic N) is 7. The van der Waals surface area contributed by atoms with Crippen molar-refractivity contribution in [1.29, 1.82) is 10.5 Å². The van der Waals surface area contributed by atoms with Crippen molar-refractivity contribution in [3.05, 3.63) is 23.8 Å². The van der Waals surface area contributed by atoms with Gasteiger partial charge in [-0.25, -0.2) is 14.8 Å². The van der Waals surface area contributed by atoms with E-state index < -0.39 is 5.60 Å². The number of aromatic nitrogens is 3. The molecule has 2 aromatic rings. The van der Waals surface area contributed by atoms with Gasteiger partial charge in [-0.2, -0.15) is 10.5 Å². The normalized spacial score (nSPS) is 19.1. The molecule has 2 saturated heterocycles. The molecule has 1 amide bonds. The third kappa shape index (κ3) is 6.89. The quantitative estimate of drug-likeness (QED) is 0.421. The van der Waals surface area contributed by atoms with Gasteiger partial charge in [0.25, 0.3) is 0 Å². The van der Waals surface area contributed by atoms with Crippen LogP contribution in [0.5, 0.6) is 0 Å². The minimum absolute atomic E-state index is 0.00680. The Morgan fingerprint density at radius 2 is 1.92 bits per heavy atom. The number of unbranched alkanes of at least 4 members (excludes halogenated alkanes) is 1. The summed E-state index contributed by atoms with van der Waals surface area (Å²) in [5.74, 6) is 0.159. The average molecular weight is 534 g/mol. The van der Waals surface area contributed by atoms with E-state index in [4.69, 9.17) is 4.74 Å². The topological polar surface area (TPSA) is 111 Å². The van der Waals surface area contributed by atoms with Crippen LogP contribution in [0.4, 0.5) is 4.79 Å². The van der Waals surface area contributed by atoms with E-state index in [1.54, 1.807) is 6.20 Å². The summed E-state index contributed by atoms with van der Waals surface area (Å²) in [6, 6.07) is 6.80. The Morgan fingerprint density at radius 1 is 1.21 bits per heavy atom. The first-order chi connectivity index (χ1) is 18.6. The van der Waals surface area contributed by atoms with Crippen LogP contribution in [0.1, 0.15) is 97.1 Å². The summed E-state index contributed by atoms with van der Waals surface area (Å²) in [7, 11) is 0. The van der Waals surface area contributed by atoms with Gasteiger partial charge in [-0.15, -0.1) is 0 Å². The predicted octanol–water partition coefficient (Wildman–Crippen LogP) is 5.81. The number of nitriles is 2. The van der Waals surface area contributed by atoms with Crippen molar-refractivity contribution in [2.45, 2.75) is 97.8 Å². The summed E-state index contributed by atoms with van der Waals surface area (Å²) < 4.78 is 7.85. The summed E-state index contributed by atoms with van der Waals surface area (Å²) >= 11 is 0. The summed E-state index contributed by atoms with van der Waals surface area (Å²) in [5.41, 5.74) is 1.60. The molecule has 2 aliphatic heterocycles. The molecule has 0 bridgehead atoms. The van der Waals surface area contributed by atoms with Crippen LogP contribution in [-0.4, -0.2) is 62.2 Å². The second-order valence-corrected chi connectivity index (χ2v) is 12.6. The highest BCUT2D eigenvalue weighted by Gasteiger charge is 2.43. The molecular formula is C30H43N7O2. The predicted molar refractivity (Wildman–Crippen MR) is 150 cm³/mol. The van der Waals surface area contributed by atoms with E-state index in [0.717, 1.165) is 94.4 Å². The zero-order chi connectivity index (χ0) is 28.2. The van der Waals surface area contributed by atoms with Crippen LogP contribution in [0, 0.1) is 34.0 Å². The second kappa shape index (κ2) is 11.9. The minimum atomic E-state index is -0.479. The van der Waals surface area contributed by atoms with Gasteiger partial charge in [-0.05, 0) is 84.4 Å². The number of fused-ring (bicyclic) bond motifs is 1. The molecule has 2 atom stereocenters. The molecule has 0 aliphatic carbocycles. The van der Waals surface area contributed by atoms with Gasteiger partial charge in [-0.1, -0.05) is 19.8 Å². The van der Waals surface area contributed by atoms with E-state index in [2.05, 4.69) is 51.5 Å². The molecule has 0 N–H and O–H groups in total. The maximum Gasteiger partial charge on any atom is 0.410 e. The lowest BCUT2D eigenvalue weighted by molar-refractivity contribution is 0.0245. The zero-order valence-corrected chi connectivity index (χ0v) is 24.2. The summed E-state index contributed by atoms with van der Waals surface area (Å²) in [6.45, 7) is 14.3. The summed E-state index contributed by atoms with van der Waals surface area (Å²) in [5, 5.41) is 20.1. The molecular weight excluding hydrogens is 490 g/mol. The van der Waals surface area contributed by atoms with Gasteiger partial charge in [0, 0.05) is 48.9 Å². The molecule has 39 heavy (non-hydrogen) atoms. The maximum absolute atomic E-state index is 12.6. The molecule has 4 rings (SSSR count). The number of piperidine rings is 1. The minimum Gasteiger partial charge on any atom is -0.444 e. The molecule has 2 aliphatic rings. The fourth-order valence-corrected chi connectivity index (χ4v) is 6.17. The van der Waals surface area contributed by atoms with Crippen molar-refractivity contribution in [2.75, 3.05) is 26.2 Å². The zero-order valence-electron chi connectivity index (χ0n) is 24.2. The molecule has 210 valence electrons. The van der Waals surface area contributed by atoms with Crippen molar-refractivity contribution in [3.63, 3.8) is 0 Å². The first-order valence-electron chi connectivity index (χ1n) is 14.4. The fraction of sp³-hybridized carbons (Fsp3) is 0.700. The lowest BCUT2D eigenvalue weighted by Gasteiger charge is -2.39. The van der Waals surface area contributed by atoms with Gasteiger partial charge in [0.2, 0.25) is 5.82 Å². The largest absolute Gasteiger partial charge is 0.444 e. The highest BCUT2D eigenvalue weighted by molar-refractivity contribution is 5.77. The van der Waals surface area contributed by atoms with Gasteiger partial charge in [-0.3, -0.25) is 4.90 Å². The van der Waals surface area contributed by atoms with E-state index in [9.17, 15) is 15.3 Å². The SMILES string of the molecule is CCCCC(C#N)CC(C)n1c(CN2CCC3(CC2)CCN(C(=O)OC(C)(C)C)C3)cc2cnc(C#N)nc21.